The lowest BCUT2D eigenvalue weighted by molar-refractivity contribution is -0.115. The molecule has 0 unspecified atom stereocenters. The Bertz CT molecular complexity index is 650. The average Bonchev–Trinajstić information content (AvgIpc) is 2.82. The number of hydrogen-bond acceptors (Lipinski definition) is 3. The van der Waals surface area contributed by atoms with E-state index >= 15 is 0 Å². The molecular weight excluding hydrogens is 319 g/mol. The van der Waals surface area contributed by atoms with Crippen LogP contribution in [0.1, 0.15) is 15.9 Å². The van der Waals surface area contributed by atoms with Gasteiger partial charge in [0.25, 0.3) is 5.91 Å². The van der Waals surface area contributed by atoms with Gasteiger partial charge in [0.2, 0.25) is 5.91 Å². The van der Waals surface area contributed by atoms with E-state index in [4.69, 9.17) is 28.9 Å². The number of carbonyl (C=O) groups is 2. The summed E-state index contributed by atoms with van der Waals surface area (Å²) in [4.78, 5) is 23.2. The van der Waals surface area contributed by atoms with Crippen LogP contribution < -0.4 is 11.1 Å². The Hall–Kier alpha value is -1.56. The Morgan fingerprint density at radius 2 is 1.85 bits per heavy atom. The highest BCUT2D eigenvalue weighted by Gasteiger charge is 2.15. The molecular formula is C13H10Cl2N2O2S. The van der Waals surface area contributed by atoms with Crippen LogP contribution in [0.5, 0.6) is 0 Å². The van der Waals surface area contributed by atoms with Gasteiger partial charge < -0.3 is 11.1 Å². The number of anilines is 1. The Morgan fingerprint density at radius 3 is 2.45 bits per heavy atom. The SMILES string of the molecule is NC(=O)c1ccsc1NC(=O)Cc1c(Cl)cccc1Cl. The molecule has 0 aliphatic carbocycles. The van der Waals surface area contributed by atoms with E-state index in [1.807, 2.05) is 0 Å². The van der Waals surface area contributed by atoms with Gasteiger partial charge in [-0.15, -0.1) is 11.3 Å². The predicted octanol–water partition coefficient (Wildman–Crippen LogP) is 3.34. The Balaban J connectivity index is 2.14. The van der Waals surface area contributed by atoms with Crippen LogP contribution in [0.15, 0.2) is 29.6 Å². The number of nitrogens with one attached hydrogen (secondary N) is 1. The predicted molar refractivity (Wildman–Crippen MR) is 81.6 cm³/mol. The quantitative estimate of drug-likeness (QED) is 0.903. The van der Waals surface area contributed by atoms with Crippen LogP contribution in [0, 0.1) is 0 Å². The molecule has 1 aromatic heterocycles. The standard InChI is InChI=1S/C13H10Cl2N2O2S/c14-9-2-1-3-10(15)8(9)6-11(18)17-13-7(12(16)19)4-5-20-13/h1-5H,6H2,(H2,16,19)(H,17,18). The molecule has 3 N–H and O–H groups in total. The largest absolute Gasteiger partial charge is 0.366 e. The summed E-state index contributed by atoms with van der Waals surface area (Å²) in [7, 11) is 0. The molecule has 0 aliphatic rings. The molecule has 0 fully saturated rings. The average molecular weight is 329 g/mol. The lowest BCUT2D eigenvalue weighted by Crippen LogP contribution is -2.18. The smallest absolute Gasteiger partial charge is 0.251 e. The second-order valence-corrected chi connectivity index (χ2v) is 5.68. The van der Waals surface area contributed by atoms with Crippen molar-refractivity contribution in [3.63, 3.8) is 0 Å². The van der Waals surface area contributed by atoms with Crippen molar-refractivity contribution in [2.75, 3.05) is 5.32 Å². The Morgan fingerprint density at radius 1 is 1.20 bits per heavy atom. The van der Waals surface area contributed by atoms with Crippen LogP contribution in [0.4, 0.5) is 5.00 Å². The normalized spacial score (nSPS) is 10.3. The highest BCUT2D eigenvalue weighted by Crippen LogP contribution is 2.26. The van der Waals surface area contributed by atoms with E-state index in [1.54, 1.807) is 29.6 Å². The first kappa shape index (κ1) is 14.8. The summed E-state index contributed by atoms with van der Waals surface area (Å²) in [6.45, 7) is 0. The summed E-state index contributed by atoms with van der Waals surface area (Å²) in [5, 5.41) is 5.59. The molecule has 7 heteroatoms. The molecule has 2 amide bonds. The first-order valence-electron chi connectivity index (χ1n) is 5.59. The highest BCUT2D eigenvalue weighted by molar-refractivity contribution is 7.14. The van der Waals surface area contributed by atoms with Gasteiger partial charge in [-0.05, 0) is 29.1 Å². The van der Waals surface area contributed by atoms with Crippen molar-refractivity contribution >= 4 is 51.4 Å². The second-order valence-electron chi connectivity index (χ2n) is 3.95. The van der Waals surface area contributed by atoms with E-state index < -0.39 is 5.91 Å². The summed E-state index contributed by atoms with van der Waals surface area (Å²) in [6, 6.07) is 6.59. The van der Waals surface area contributed by atoms with E-state index in [2.05, 4.69) is 5.32 Å². The molecule has 20 heavy (non-hydrogen) atoms. The molecule has 0 aliphatic heterocycles. The number of halogens is 2. The van der Waals surface area contributed by atoms with Crippen molar-refractivity contribution in [3.8, 4) is 0 Å². The van der Waals surface area contributed by atoms with E-state index in [9.17, 15) is 9.59 Å². The molecule has 4 nitrogen and oxygen atoms in total. The minimum Gasteiger partial charge on any atom is -0.366 e. The summed E-state index contributed by atoms with van der Waals surface area (Å²) in [5.74, 6) is -0.901. The van der Waals surface area contributed by atoms with Gasteiger partial charge in [0.15, 0.2) is 0 Å². The number of nitrogens with two attached hydrogens (primary N) is 1. The van der Waals surface area contributed by atoms with Gasteiger partial charge in [0.05, 0.1) is 12.0 Å². The Kier molecular flexibility index (Phi) is 4.65. The molecule has 1 heterocycles. The van der Waals surface area contributed by atoms with Crippen molar-refractivity contribution < 1.29 is 9.59 Å². The summed E-state index contributed by atoms with van der Waals surface area (Å²) in [6.07, 6.45) is 0.0224. The van der Waals surface area contributed by atoms with Crippen molar-refractivity contribution in [2.24, 2.45) is 5.73 Å². The number of primary amides is 1. The maximum Gasteiger partial charge on any atom is 0.251 e. The molecule has 0 bridgehead atoms. The van der Waals surface area contributed by atoms with Crippen LogP contribution in [-0.2, 0) is 11.2 Å². The van der Waals surface area contributed by atoms with Gasteiger partial charge in [-0.3, -0.25) is 9.59 Å². The molecule has 2 rings (SSSR count). The maximum absolute atomic E-state index is 12.0. The molecule has 0 spiro atoms. The molecule has 2 aromatic rings. The number of thiophene rings is 1. The van der Waals surface area contributed by atoms with E-state index in [0.717, 1.165) is 0 Å². The van der Waals surface area contributed by atoms with E-state index in [1.165, 1.54) is 11.3 Å². The first-order chi connectivity index (χ1) is 9.49. The van der Waals surface area contributed by atoms with Crippen LogP contribution in [0.3, 0.4) is 0 Å². The van der Waals surface area contributed by atoms with Crippen LogP contribution in [0.25, 0.3) is 0 Å². The van der Waals surface area contributed by atoms with Gasteiger partial charge in [-0.25, -0.2) is 0 Å². The summed E-state index contributed by atoms with van der Waals surface area (Å²) in [5.41, 5.74) is 6.04. The third kappa shape index (κ3) is 3.30. The summed E-state index contributed by atoms with van der Waals surface area (Å²) < 4.78 is 0. The molecule has 0 atom stereocenters. The minimum absolute atomic E-state index is 0.0224. The van der Waals surface area contributed by atoms with E-state index in [0.29, 0.717) is 20.6 Å². The van der Waals surface area contributed by atoms with E-state index in [-0.39, 0.29) is 17.9 Å². The van der Waals surface area contributed by atoms with Crippen LogP contribution in [-0.4, -0.2) is 11.8 Å². The molecule has 1 aromatic carbocycles. The molecule has 0 saturated heterocycles. The maximum atomic E-state index is 12.0. The Labute approximate surface area is 129 Å². The fraction of sp³-hybridized carbons (Fsp3) is 0.0769. The fourth-order valence-electron chi connectivity index (χ4n) is 1.63. The van der Waals surface area contributed by atoms with Crippen molar-refractivity contribution in [2.45, 2.75) is 6.42 Å². The number of benzene rings is 1. The zero-order chi connectivity index (χ0) is 14.7. The monoisotopic (exact) mass is 328 g/mol. The third-order valence-corrected chi connectivity index (χ3v) is 4.12. The van der Waals surface area contributed by atoms with Gasteiger partial charge in [0.1, 0.15) is 5.00 Å². The number of carbonyl (C=O) groups excluding carboxylic acids is 2. The zero-order valence-electron chi connectivity index (χ0n) is 10.2. The number of hydrogen-bond donors (Lipinski definition) is 2. The van der Waals surface area contributed by atoms with Crippen molar-refractivity contribution in [1.29, 1.82) is 0 Å². The molecule has 0 radical (unpaired) electrons. The number of rotatable bonds is 4. The van der Waals surface area contributed by atoms with Crippen LogP contribution >= 0.6 is 34.5 Å². The highest BCUT2D eigenvalue weighted by atomic mass is 35.5. The summed E-state index contributed by atoms with van der Waals surface area (Å²) >= 11 is 13.2. The third-order valence-electron chi connectivity index (χ3n) is 2.58. The van der Waals surface area contributed by atoms with Gasteiger partial charge in [-0.1, -0.05) is 29.3 Å². The van der Waals surface area contributed by atoms with Gasteiger partial charge in [-0.2, -0.15) is 0 Å². The van der Waals surface area contributed by atoms with Crippen LogP contribution in [0.2, 0.25) is 10.0 Å². The van der Waals surface area contributed by atoms with Crippen molar-refractivity contribution in [3.05, 3.63) is 50.8 Å². The molecule has 104 valence electrons. The fourth-order valence-corrected chi connectivity index (χ4v) is 2.97. The minimum atomic E-state index is -0.586. The topological polar surface area (TPSA) is 72.2 Å². The lowest BCUT2D eigenvalue weighted by Gasteiger charge is -2.07. The van der Waals surface area contributed by atoms with Gasteiger partial charge in [0, 0.05) is 10.0 Å². The zero-order valence-corrected chi connectivity index (χ0v) is 12.5. The van der Waals surface area contributed by atoms with Gasteiger partial charge >= 0.3 is 0 Å². The van der Waals surface area contributed by atoms with Crippen molar-refractivity contribution in [1.82, 2.24) is 0 Å². The lowest BCUT2D eigenvalue weighted by atomic mass is 10.1. The molecule has 0 saturated carbocycles. The number of amides is 2. The second kappa shape index (κ2) is 6.26. The first-order valence-corrected chi connectivity index (χ1v) is 7.22.